The molecule has 0 spiro atoms. The first-order valence-electron chi connectivity index (χ1n) is 25.6. The Morgan fingerprint density at radius 2 is 1.43 bits per heavy atom. The van der Waals surface area contributed by atoms with Crippen LogP contribution in [0.25, 0.3) is 0 Å². The number of nitrogens with one attached hydrogen (secondary N) is 2. The van der Waals surface area contributed by atoms with Gasteiger partial charge < -0.3 is 54.2 Å². The third-order valence-electron chi connectivity index (χ3n) is 15.6. The highest BCUT2D eigenvalue weighted by molar-refractivity contribution is 5.96. The fraction of sp³-hybridized carbons (Fsp3) is 0.509. The summed E-state index contributed by atoms with van der Waals surface area (Å²) >= 11 is 0. The molecule has 4 aliphatic rings. The van der Waals surface area contributed by atoms with Gasteiger partial charge in [-0.15, -0.1) is 12.4 Å². The van der Waals surface area contributed by atoms with E-state index in [4.69, 9.17) is 28.4 Å². The molecule has 20 heteroatoms. The van der Waals surface area contributed by atoms with Crippen molar-refractivity contribution >= 4 is 59.9 Å². The molecule has 3 aliphatic carbocycles. The van der Waals surface area contributed by atoms with Crippen LogP contribution in [0, 0.1) is 16.7 Å². The number of aliphatic hydroxyl groups is 2. The van der Waals surface area contributed by atoms with E-state index in [1.165, 1.54) is 26.0 Å². The zero-order chi connectivity index (χ0) is 55.3. The summed E-state index contributed by atoms with van der Waals surface area (Å²) in [6.07, 6.45) is -10.5. The third kappa shape index (κ3) is 12.1. The van der Waals surface area contributed by atoms with Crippen LogP contribution in [0.4, 0.5) is 0 Å². The van der Waals surface area contributed by atoms with Crippen molar-refractivity contribution in [2.45, 2.75) is 134 Å². The first kappa shape index (κ1) is 59.7. The lowest BCUT2D eigenvalue weighted by Gasteiger charge is -2.67. The highest BCUT2D eigenvalue weighted by Gasteiger charge is 2.78. The third-order valence-corrected chi connectivity index (χ3v) is 15.6. The summed E-state index contributed by atoms with van der Waals surface area (Å²) in [7, 11) is 3.84. The topological polar surface area (TPSA) is 260 Å². The molecule has 2 saturated carbocycles. The maximum atomic E-state index is 15.8. The van der Waals surface area contributed by atoms with Gasteiger partial charge in [-0.05, 0) is 88.3 Å². The molecule has 0 radical (unpaired) electrons. The van der Waals surface area contributed by atoms with Gasteiger partial charge in [0.15, 0.2) is 17.5 Å². The second kappa shape index (κ2) is 24.4. The van der Waals surface area contributed by atoms with Crippen LogP contribution in [0.15, 0.2) is 102 Å². The molecular formula is C57H70ClN3O16. The number of ketones is 1. The molecule has 2 amide bonds. The number of hydrogen-bond acceptors (Lipinski definition) is 17. The number of hydrogen-bond donors (Lipinski definition) is 4. The molecule has 1 aliphatic heterocycles. The van der Waals surface area contributed by atoms with E-state index in [0.717, 1.165) is 20.4 Å². The average Bonchev–Trinajstić information content (AvgIpc) is 3.48. The van der Waals surface area contributed by atoms with E-state index in [-0.39, 0.29) is 72.9 Å². The molecule has 11 atom stereocenters. The number of carbonyl (C=O) groups is 8. The molecule has 4 N–H and O–H groups in total. The van der Waals surface area contributed by atoms with Crippen molar-refractivity contribution < 1.29 is 77.0 Å². The van der Waals surface area contributed by atoms with Crippen LogP contribution < -0.4 is 10.6 Å². The number of rotatable bonds is 19. The van der Waals surface area contributed by atoms with Gasteiger partial charge in [-0.3, -0.25) is 28.8 Å². The Bertz CT molecular complexity index is 2700. The van der Waals surface area contributed by atoms with E-state index in [2.05, 4.69) is 10.6 Å². The van der Waals surface area contributed by atoms with Crippen LogP contribution in [-0.2, 0) is 57.2 Å². The fourth-order valence-corrected chi connectivity index (χ4v) is 11.6. The molecule has 1 saturated heterocycles. The number of amides is 2. The van der Waals surface area contributed by atoms with E-state index in [9.17, 15) is 39.0 Å². The summed E-state index contributed by atoms with van der Waals surface area (Å²) in [5.74, 6) is -8.30. The number of esters is 5. The molecule has 3 fully saturated rings. The van der Waals surface area contributed by atoms with Crippen molar-refractivity contribution in [3.05, 3.63) is 119 Å². The minimum absolute atomic E-state index is 0. The lowest BCUT2D eigenvalue weighted by atomic mass is 9.44. The molecular weight excluding hydrogens is 1020 g/mol. The molecule has 0 aromatic heterocycles. The van der Waals surface area contributed by atoms with E-state index < -0.39 is 119 Å². The Kier molecular flexibility index (Phi) is 19.0. The van der Waals surface area contributed by atoms with Gasteiger partial charge in [-0.1, -0.05) is 80.6 Å². The maximum absolute atomic E-state index is 15.8. The van der Waals surface area contributed by atoms with Crippen molar-refractivity contribution in [3.63, 3.8) is 0 Å². The van der Waals surface area contributed by atoms with Crippen LogP contribution in [0.5, 0.6) is 0 Å². The Labute approximate surface area is 454 Å². The quantitative estimate of drug-likeness (QED) is 0.0536. The van der Waals surface area contributed by atoms with Crippen molar-refractivity contribution in [2.24, 2.45) is 16.7 Å². The van der Waals surface area contributed by atoms with Gasteiger partial charge >= 0.3 is 29.8 Å². The summed E-state index contributed by atoms with van der Waals surface area (Å²) in [5, 5.41) is 31.9. The predicted molar refractivity (Wildman–Crippen MR) is 279 cm³/mol. The van der Waals surface area contributed by atoms with Gasteiger partial charge in [0, 0.05) is 57.1 Å². The first-order chi connectivity index (χ1) is 36.0. The van der Waals surface area contributed by atoms with Gasteiger partial charge in [-0.2, -0.15) is 0 Å². The Morgan fingerprint density at radius 1 is 0.818 bits per heavy atom. The molecule has 6 unspecified atom stereocenters. The second-order valence-corrected chi connectivity index (χ2v) is 21.2. The highest BCUT2D eigenvalue weighted by atomic mass is 35.5. The lowest BCUT2D eigenvalue weighted by molar-refractivity contribution is -0.346. The number of fused-ring (bicyclic) bond motifs is 5. The number of ether oxygens (including phenoxy) is 6. The lowest BCUT2D eigenvalue weighted by Crippen LogP contribution is -2.82. The van der Waals surface area contributed by atoms with Crippen LogP contribution >= 0.6 is 12.4 Å². The summed E-state index contributed by atoms with van der Waals surface area (Å²) in [6.45, 7) is 9.04. The maximum Gasteiger partial charge on any atom is 0.350 e. The van der Waals surface area contributed by atoms with Crippen LogP contribution in [0.1, 0.15) is 112 Å². The number of halogens is 1. The average molecular weight is 1090 g/mol. The SMILES string of the molecule is CC(=O)O[C@H]1C(=O)[C@@]2(C)C([C@H](OC(=O)c3ccccc3)[C@]3(O)CC(OC(=O)C(OC(=O)CCCC(=O)NCCCN(C)C)C(NC(=O)c4ccccc4)c4ccccc4)C(C)=C1C3(C)C)C1(OC(C)=O)COC1C[C@@H]2O.Cl. The van der Waals surface area contributed by atoms with E-state index in [1.807, 2.05) is 19.0 Å². The van der Waals surface area contributed by atoms with Crippen molar-refractivity contribution in [1.29, 1.82) is 0 Å². The normalized spacial score (nSPS) is 27.7. The Hall–Kier alpha value is -6.51. The van der Waals surface area contributed by atoms with Gasteiger partial charge in [0.25, 0.3) is 5.91 Å². The van der Waals surface area contributed by atoms with Crippen molar-refractivity contribution in [2.75, 3.05) is 33.8 Å². The first-order valence-corrected chi connectivity index (χ1v) is 25.6. The van der Waals surface area contributed by atoms with Gasteiger partial charge in [0.1, 0.15) is 30.0 Å². The number of aliphatic hydroxyl groups excluding tert-OH is 1. The van der Waals surface area contributed by atoms with Crippen molar-refractivity contribution in [1.82, 2.24) is 15.5 Å². The smallest absolute Gasteiger partial charge is 0.350 e. The van der Waals surface area contributed by atoms with E-state index in [0.29, 0.717) is 18.5 Å². The zero-order valence-corrected chi connectivity index (χ0v) is 45.4. The number of benzene rings is 3. The predicted octanol–water partition coefficient (Wildman–Crippen LogP) is 4.95. The standard InChI is InChI=1S/C57H69N3O16.ClH/c1-33-39(73-53(69)47(74-43(65)27-18-26-42(64)58-28-19-29-60(7)8)45(36-20-12-9-13-21-36)59-51(67)37-22-14-10-15-23-37)31-57(70)50(75-52(68)38-24-16-11-17-25-38)48-55(6,40(63)30-41-56(48,32-71-41)76-35(3)62)49(66)46(72-34(2)61)44(33)54(57,4)5;/h9-17,20-25,39-41,45-48,50,63,70H,18-19,26-32H2,1-8H3,(H,58,64)(H,59,67);1H/t39?,40-,41?,45?,46+,47?,48?,50-,55+,56?,57+;/m0./s1. The Balaban J connectivity index is 0.00000961. The number of carbonyl (C=O) groups excluding carboxylic acids is 8. The number of nitrogens with zero attached hydrogens (tertiary/aromatic N) is 1. The minimum atomic E-state index is -2.48. The van der Waals surface area contributed by atoms with Gasteiger partial charge in [0.05, 0.1) is 29.6 Å². The van der Waals surface area contributed by atoms with Gasteiger partial charge in [0.2, 0.25) is 12.0 Å². The summed E-state index contributed by atoms with van der Waals surface area (Å²) in [4.78, 5) is 115. The number of Topliss-reactive ketones (excluding diaryl/α,β-unsaturated/α-hetero) is 1. The molecule has 3 aromatic rings. The summed E-state index contributed by atoms with van der Waals surface area (Å²) in [5.41, 5.74) is -7.53. The highest BCUT2D eigenvalue weighted by Crippen LogP contribution is 2.64. The monoisotopic (exact) mass is 1090 g/mol. The zero-order valence-electron chi connectivity index (χ0n) is 44.6. The summed E-state index contributed by atoms with van der Waals surface area (Å²) in [6, 6.07) is 22.7. The van der Waals surface area contributed by atoms with E-state index in [1.54, 1.807) is 92.7 Å². The van der Waals surface area contributed by atoms with Crippen LogP contribution in [-0.4, -0.2) is 144 Å². The molecule has 1 heterocycles. The molecule has 3 aromatic carbocycles. The van der Waals surface area contributed by atoms with Crippen molar-refractivity contribution in [3.8, 4) is 0 Å². The summed E-state index contributed by atoms with van der Waals surface area (Å²) < 4.78 is 36.9. The molecule has 77 heavy (non-hydrogen) atoms. The van der Waals surface area contributed by atoms with E-state index >= 15 is 9.59 Å². The van der Waals surface area contributed by atoms with Gasteiger partial charge in [-0.25, -0.2) is 9.59 Å². The molecule has 416 valence electrons. The second-order valence-electron chi connectivity index (χ2n) is 21.2. The largest absolute Gasteiger partial charge is 0.455 e. The fourth-order valence-electron chi connectivity index (χ4n) is 11.6. The minimum Gasteiger partial charge on any atom is -0.455 e. The van der Waals surface area contributed by atoms with Crippen LogP contribution in [0.2, 0.25) is 0 Å². The molecule has 19 nitrogen and oxygen atoms in total. The molecule has 2 bridgehead atoms. The molecule has 7 rings (SSSR count). The van der Waals surface area contributed by atoms with Crippen LogP contribution in [0.3, 0.4) is 0 Å². The Morgan fingerprint density at radius 3 is 2.00 bits per heavy atom.